The molecule has 3 nitrogen and oxygen atoms in total. The van der Waals surface area contributed by atoms with Crippen LogP contribution in [0.1, 0.15) is 11.1 Å². The van der Waals surface area contributed by atoms with E-state index in [0.717, 1.165) is 28.6 Å². The number of rotatable bonds is 2. The van der Waals surface area contributed by atoms with Crippen molar-refractivity contribution >= 4 is 34.2 Å². The first kappa shape index (κ1) is 14.6. The van der Waals surface area contributed by atoms with Gasteiger partial charge < -0.3 is 0 Å². The van der Waals surface area contributed by atoms with Crippen LogP contribution in [0.25, 0.3) is 5.70 Å². The van der Waals surface area contributed by atoms with Gasteiger partial charge in [0.15, 0.2) is 0 Å². The molecular formula is C18H15NO2S. The molecule has 0 fully saturated rings. The van der Waals surface area contributed by atoms with Crippen molar-refractivity contribution in [2.24, 2.45) is 0 Å². The van der Waals surface area contributed by atoms with Crippen LogP contribution >= 0.6 is 11.8 Å². The van der Waals surface area contributed by atoms with Crippen LogP contribution in [0.2, 0.25) is 0 Å². The van der Waals surface area contributed by atoms with Gasteiger partial charge in [0.25, 0.3) is 0 Å². The minimum atomic E-state index is -0.0955. The number of hydrogen-bond acceptors (Lipinski definition) is 3. The fraction of sp³-hybridized carbons (Fsp3) is 0.111. The Kier molecular flexibility index (Phi) is 4.11. The van der Waals surface area contributed by atoms with Crippen molar-refractivity contribution in [3.8, 4) is 0 Å². The van der Waals surface area contributed by atoms with E-state index in [4.69, 9.17) is 0 Å². The molecule has 1 aliphatic heterocycles. The van der Waals surface area contributed by atoms with Crippen LogP contribution in [-0.4, -0.2) is 16.8 Å². The Morgan fingerprint density at radius 1 is 0.955 bits per heavy atom. The van der Waals surface area contributed by atoms with Crippen molar-refractivity contribution in [3.63, 3.8) is 0 Å². The second-order valence-electron chi connectivity index (χ2n) is 5.07. The summed E-state index contributed by atoms with van der Waals surface area (Å²) in [7, 11) is 0. The highest BCUT2D eigenvalue weighted by Gasteiger charge is 2.26. The van der Waals surface area contributed by atoms with Crippen molar-refractivity contribution in [1.29, 1.82) is 0 Å². The summed E-state index contributed by atoms with van der Waals surface area (Å²) in [5.74, 6) is 0.0642. The molecule has 0 radical (unpaired) electrons. The van der Waals surface area contributed by atoms with Crippen molar-refractivity contribution < 1.29 is 9.59 Å². The fourth-order valence-corrected chi connectivity index (χ4v) is 2.94. The molecule has 110 valence electrons. The number of thioether (sulfide) groups is 1. The minimum absolute atomic E-state index is 0.0881. The van der Waals surface area contributed by atoms with Gasteiger partial charge in [-0.3, -0.25) is 14.5 Å². The lowest BCUT2D eigenvalue weighted by molar-refractivity contribution is -0.115. The van der Waals surface area contributed by atoms with E-state index in [1.54, 1.807) is 11.0 Å². The standard InChI is InChI=1S/C18H15NO2S/c1-13-7-9-15(10-8-13)19-16(14-5-3-2-4-6-14)11-18(21)22-12-17(19)20/h2-11H,12H2,1H3. The third-order valence-corrected chi connectivity index (χ3v) is 4.24. The lowest BCUT2D eigenvalue weighted by Crippen LogP contribution is -2.30. The van der Waals surface area contributed by atoms with E-state index >= 15 is 0 Å². The zero-order chi connectivity index (χ0) is 15.5. The highest BCUT2D eigenvalue weighted by Crippen LogP contribution is 2.30. The first-order chi connectivity index (χ1) is 10.6. The maximum absolute atomic E-state index is 12.5. The highest BCUT2D eigenvalue weighted by atomic mass is 32.2. The third kappa shape index (κ3) is 2.97. The van der Waals surface area contributed by atoms with Gasteiger partial charge in [0.2, 0.25) is 11.0 Å². The van der Waals surface area contributed by atoms with Crippen LogP contribution in [0.5, 0.6) is 0 Å². The van der Waals surface area contributed by atoms with Crippen LogP contribution in [0.4, 0.5) is 5.69 Å². The van der Waals surface area contributed by atoms with E-state index in [-0.39, 0.29) is 16.8 Å². The highest BCUT2D eigenvalue weighted by molar-refractivity contribution is 8.14. The molecule has 0 N–H and O–H groups in total. The second-order valence-corrected chi connectivity index (χ2v) is 6.05. The van der Waals surface area contributed by atoms with Crippen LogP contribution in [0.15, 0.2) is 60.7 Å². The summed E-state index contributed by atoms with van der Waals surface area (Å²) < 4.78 is 0. The number of nitrogens with zero attached hydrogens (tertiary/aromatic N) is 1. The molecule has 0 bridgehead atoms. The summed E-state index contributed by atoms with van der Waals surface area (Å²) in [6, 6.07) is 17.3. The number of carbonyl (C=O) groups excluding carboxylic acids is 2. The van der Waals surface area contributed by atoms with E-state index < -0.39 is 0 Å². The predicted molar refractivity (Wildman–Crippen MR) is 90.5 cm³/mol. The fourth-order valence-electron chi connectivity index (χ4n) is 2.35. The first-order valence-electron chi connectivity index (χ1n) is 6.98. The Balaban J connectivity index is 2.13. The van der Waals surface area contributed by atoms with Gasteiger partial charge in [-0.1, -0.05) is 59.8 Å². The lowest BCUT2D eigenvalue weighted by atomic mass is 10.1. The van der Waals surface area contributed by atoms with Crippen LogP contribution in [0, 0.1) is 6.92 Å². The average molecular weight is 309 g/mol. The van der Waals surface area contributed by atoms with Gasteiger partial charge >= 0.3 is 0 Å². The van der Waals surface area contributed by atoms with E-state index in [1.807, 2.05) is 61.5 Å². The molecule has 1 heterocycles. The Bertz CT molecular complexity index is 735. The SMILES string of the molecule is Cc1ccc(N2C(=O)CSC(=O)C=C2c2ccccc2)cc1. The quantitative estimate of drug-likeness (QED) is 0.850. The molecule has 0 atom stereocenters. The van der Waals surface area contributed by atoms with E-state index in [0.29, 0.717) is 5.70 Å². The zero-order valence-electron chi connectivity index (χ0n) is 12.2. The Morgan fingerprint density at radius 2 is 1.64 bits per heavy atom. The molecule has 22 heavy (non-hydrogen) atoms. The summed E-state index contributed by atoms with van der Waals surface area (Å²) in [5, 5.41) is -0.0955. The van der Waals surface area contributed by atoms with Gasteiger partial charge in [0.1, 0.15) is 0 Å². The van der Waals surface area contributed by atoms with Gasteiger partial charge in [-0.2, -0.15) is 0 Å². The molecule has 0 aromatic heterocycles. The smallest absolute Gasteiger partial charge is 0.242 e. The van der Waals surface area contributed by atoms with E-state index in [9.17, 15) is 9.59 Å². The molecule has 0 saturated heterocycles. The molecule has 0 spiro atoms. The first-order valence-corrected chi connectivity index (χ1v) is 7.97. The van der Waals surface area contributed by atoms with Gasteiger partial charge in [0, 0.05) is 11.8 Å². The number of carbonyl (C=O) groups is 2. The predicted octanol–water partition coefficient (Wildman–Crippen LogP) is 3.64. The van der Waals surface area contributed by atoms with E-state index in [1.165, 1.54) is 0 Å². The topological polar surface area (TPSA) is 37.4 Å². The molecule has 0 aliphatic carbocycles. The van der Waals surface area contributed by atoms with Crippen molar-refractivity contribution in [2.75, 3.05) is 10.7 Å². The maximum Gasteiger partial charge on any atom is 0.242 e. The molecular weight excluding hydrogens is 294 g/mol. The molecule has 2 aromatic rings. The van der Waals surface area contributed by atoms with Crippen LogP contribution in [0.3, 0.4) is 0 Å². The summed E-state index contributed by atoms with van der Waals surface area (Å²) in [6.07, 6.45) is 1.55. The number of anilines is 1. The van der Waals surface area contributed by atoms with Crippen molar-refractivity contribution in [1.82, 2.24) is 0 Å². The summed E-state index contributed by atoms with van der Waals surface area (Å²) in [6.45, 7) is 2.00. The number of aryl methyl sites for hydroxylation is 1. The van der Waals surface area contributed by atoms with E-state index in [2.05, 4.69) is 0 Å². The average Bonchev–Trinajstić information content (AvgIpc) is 2.69. The largest absolute Gasteiger partial charge is 0.282 e. The van der Waals surface area contributed by atoms with Crippen LogP contribution < -0.4 is 4.90 Å². The maximum atomic E-state index is 12.5. The van der Waals surface area contributed by atoms with Crippen LogP contribution in [-0.2, 0) is 9.59 Å². The molecule has 2 aromatic carbocycles. The lowest BCUT2D eigenvalue weighted by Gasteiger charge is -2.24. The normalized spacial score (nSPS) is 15.5. The second kappa shape index (κ2) is 6.20. The molecule has 4 heteroatoms. The number of amides is 1. The molecule has 0 saturated carbocycles. The summed E-state index contributed by atoms with van der Waals surface area (Å²) >= 11 is 1.04. The minimum Gasteiger partial charge on any atom is -0.282 e. The van der Waals surface area contributed by atoms with Gasteiger partial charge in [-0.25, -0.2) is 0 Å². The van der Waals surface area contributed by atoms with Crippen molar-refractivity contribution in [3.05, 3.63) is 71.8 Å². The van der Waals surface area contributed by atoms with Crippen molar-refractivity contribution in [2.45, 2.75) is 6.92 Å². The zero-order valence-corrected chi connectivity index (χ0v) is 13.0. The Hall–Kier alpha value is -2.33. The van der Waals surface area contributed by atoms with Gasteiger partial charge in [-0.05, 0) is 24.6 Å². The molecule has 0 unspecified atom stereocenters. The van der Waals surface area contributed by atoms with Gasteiger partial charge in [-0.15, -0.1) is 0 Å². The third-order valence-electron chi connectivity index (χ3n) is 3.44. The Morgan fingerprint density at radius 3 is 2.32 bits per heavy atom. The Labute approximate surface area is 133 Å². The molecule has 3 rings (SSSR count). The summed E-state index contributed by atoms with van der Waals surface area (Å²) in [4.78, 5) is 26.1. The monoisotopic (exact) mass is 309 g/mol. The number of hydrogen-bond donors (Lipinski definition) is 0. The summed E-state index contributed by atoms with van der Waals surface area (Å²) in [5.41, 5.74) is 3.39. The number of benzene rings is 2. The molecule has 1 amide bonds. The van der Waals surface area contributed by atoms with Gasteiger partial charge in [0.05, 0.1) is 11.4 Å². The molecule has 1 aliphatic rings.